The third kappa shape index (κ3) is 3.35. The van der Waals surface area contributed by atoms with Crippen molar-refractivity contribution in [3.8, 4) is 0 Å². The molecule has 1 aliphatic carbocycles. The Morgan fingerprint density at radius 2 is 1.89 bits per heavy atom. The quantitative estimate of drug-likeness (QED) is 0.828. The summed E-state index contributed by atoms with van der Waals surface area (Å²) in [7, 11) is 0. The third-order valence-corrected chi connectivity index (χ3v) is 4.50. The van der Waals surface area contributed by atoms with Crippen LogP contribution in [-0.2, 0) is 6.42 Å². The highest BCUT2D eigenvalue weighted by Crippen LogP contribution is 2.34. The first-order chi connectivity index (χ1) is 8.70. The van der Waals surface area contributed by atoms with Crippen LogP contribution >= 0.6 is 0 Å². The number of nitrogens with one attached hydrogen (secondary N) is 1. The first kappa shape index (κ1) is 13.6. The summed E-state index contributed by atoms with van der Waals surface area (Å²) in [6, 6.07) is 9.83. The van der Waals surface area contributed by atoms with Crippen molar-refractivity contribution in [2.24, 2.45) is 11.8 Å². The van der Waals surface area contributed by atoms with Crippen LogP contribution in [0.4, 0.5) is 0 Å². The minimum absolute atomic E-state index is 0.750. The van der Waals surface area contributed by atoms with E-state index in [0.29, 0.717) is 0 Å². The second-order valence-electron chi connectivity index (χ2n) is 5.95. The van der Waals surface area contributed by atoms with Crippen molar-refractivity contribution in [2.45, 2.75) is 52.5 Å². The monoisotopic (exact) mass is 245 g/mol. The zero-order valence-corrected chi connectivity index (χ0v) is 12.1. The van der Waals surface area contributed by atoms with E-state index in [0.717, 1.165) is 17.9 Å². The Hall–Kier alpha value is -0.820. The maximum absolute atomic E-state index is 3.71. The zero-order chi connectivity index (χ0) is 13.0. The van der Waals surface area contributed by atoms with Crippen LogP contribution in [0.25, 0.3) is 0 Å². The third-order valence-electron chi connectivity index (χ3n) is 4.50. The van der Waals surface area contributed by atoms with Crippen molar-refractivity contribution in [2.75, 3.05) is 6.54 Å². The molecule has 18 heavy (non-hydrogen) atoms. The van der Waals surface area contributed by atoms with E-state index in [1.807, 2.05) is 0 Å². The fraction of sp³-hybridized carbons (Fsp3) is 0.647. The molecule has 0 amide bonds. The molecule has 1 fully saturated rings. The van der Waals surface area contributed by atoms with Crippen LogP contribution in [0.3, 0.4) is 0 Å². The van der Waals surface area contributed by atoms with Gasteiger partial charge in [0.1, 0.15) is 0 Å². The Balaban J connectivity index is 1.89. The fourth-order valence-corrected chi connectivity index (χ4v) is 3.18. The molecule has 0 aromatic heterocycles. The number of hydrogen-bond donors (Lipinski definition) is 1. The standard InChI is InChI=1S/C17H27N/c1-4-11-18-17-10-9-16(14(17)3)12-15-7-5-13(2)6-8-15/h5-8,14,16-18H,4,9-12H2,1-3H3. The number of benzene rings is 1. The molecule has 1 heteroatoms. The summed E-state index contributed by atoms with van der Waals surface area (Å²) in [5, 5.41) is 3.71. The van der Waals surface area contributed by atoms with Crippen LogP contribution in [0.5, 0.6) is 0 Å². The van der Waals surface area contributed by atoms with Crippen LogP contribution < -0.4 is 5.32 Å². The van der Waals surface area contributed by atoms with Gasteiger partial charge in [-0.15, -0.1) is 0 Å². The predicted octanol–water partition coefficient (Wildman–Crippen LogP) is 3.95. The van der Waals surface area contributed by atoms with E-state index in [9.17, 15) is 0 Å². The van der Waals surface area contributed by atoms with Gasteiger partial charge in [0, 0.05) is 6.04 Å². The summed E-state index contributed by atoms with van der Waals surface area (Å²) in [4.78, 5) is 0. The zero-order valence-electron chi connectivity index (χ0n) is 12.1. The first-order valence-electron chi connectivity index (χ1n) is 7.49. The van der Waals surface area contributed by atoms with Gasteiger partial charge in [-0.3, -0.25) is 0 Å². The summed E-state index contributed by atoms with van der Waals surface area (Å²) >= 11 is 0. The number of rotatable bonds is 5. The molecular weight excluding hydrogens is 218 g/mol. The molecule has 1 aromatic rings. The van der Waals surface area contributed by atoms with Gasteiger partial charge in [0.05, 0.1) is 0 Å². The first-order valence-corrected chi connectivity index (χ1v) is 7.49. The highest BCUT2D eigenvalue weighted by atomic mass is 14.9. The Labute approximate surface area is 112 Å². The lowest BCUT2D eigenvalue weighted by Gasteiger charge is -2.22. The summed E-state index contributed by atoms with van der Waals surface area (Å²) < 4.78 is 0. The van der Waals surface area contributed by atoms with Gasteiger partial charge in [0.2, 0.25) is 0 Å². The maximum Gasteiger partial charge on any atom is 0.00955 e. The molecule has 0 heterocycles. The van der Waals surface area contributed by atoms with Gasteiger partial charge in [-0.1, -0.05) is 43.7 Å². The smallest absolute Gasteiger partial charge is 0.00955 e. The molecule has 0 radical (unpaired) electrons. The van der Waals surface area contributed by atoms with E-state index in [4.69, 9.17) is 0 Å². The van der Waals surface area contributed by atoms with Crippen molar-refractivity contribution in [1.29, 1.82) is 0 Å². The molecule has 1 nitrogen and oxygen atoms in total. The number of hydrogen-bond acceptors (Lipinski definition) is 1. The van der Waals surface area contributed by atoms with Gasteiger partial charge in [0.25, 0.3) is 0 Å². The van der Waals surface area contributed by atoms with E-state index in [1.165, 1.54) is 43.4 Å². The average Bonchev–Trinajstić information content (AvgIpc) is 2.71. The second kappa shape index (κ2) is 6.38. The fourth-order valence-electron chi connectivity index (χ4n) is 3.18. The number of aryl methyl sites for hydroxylation is 1. The lowest BCUT2D eigenvalue weighted by atomic mass is 9.89. The Bertz CT molecular complexity index is 354. The lowest BCUT2D eigenvalue weighted by molar-refractivity contribution is 0.351. The summed E-state index contributed by atoms with van der Waals surface area (Å²) in [5.41, 5.74) is 2.87. The second-order valence-corrected chi connectivity index (χ2v) is 5.95. The molecular formula is C17H27N. The van der Waals surface area contributed by atoms with Crippen LogP contribution in [0.1, 0.15) is 44.2 Å². The molecule has 0 aliphatic heterocycles. The van der Waals surface area contributed by atoms with E-state index in [2.05, 4.69) is 50.4 Å². The van der Waals surface area contributed by atoms with E-state index in [1.54, 1.807) is 0 Å². The van der Waals surface area contributed by atoms with Gasteiger partial charge in [0.15, 0.2) is 0 Å². The van der Waals surface area contributed by atoms with Crippen LogP contribution in [-0.4, -0.2) is 12.6 Å². The van der Waals surface area contributed by atoms with Crippen molar-refractivity contribution < 1.29 is 0 Å². The minimum Gasteiger partial charge on any atom is -0.314 e. The van der Waals surface area contributed by atoms with E-state index in [-0.39, 0.29) is 0 Å². The molecule has 1 aliphatic rings. The van der Waals surface area contributed by atoms with Crippen molar-refractivity contribution in [3.05, 3.63) is 35.4 Å². The van der Waals surface area contributed by atoms with Gasteiger partial charge >= 0.3 is 0 Å². The van der Waals surface area contributed by atoms with Gasteiger partial charge in [-0.25, -0.2) is 0 Å². The lowest BCUT2D eigenvalue weighted by Crippen LogP contribution is -2.33. The normalized spacial score (nSPS) is 27.6. The van der Waals surface area contributed by atoms with Gasteiger partial charge < -0.3 is 5.32 Å². The SMILES string of the molecule is CCCNC1CCC(Cc2ccc(C)cc2)C1C. The average molecular weight is 245 g/mol. The van der Waals surface area contributed by atoms with Gasteiger partial charge in [-0.2, -0.15) is 0 Å². The summed E-state index contributed by atoms with van der Waals surface area (Å²) in [6.45, 7) is 8.01. The molecule has 1 N–H and O–H groups in total. The maximum atomic E-state index is 3.71. The highest BCUT2D eigenvalue weighted by Gasteiger charge is 2.31. The highest BCUT2D eigenvalue weighted by molar-refractivity contribution is 5.22. The largest absolute Gasteiger partial charge is 0.314 e. The Morgan fingerprint density at radius 3 is 2.56 bits per heavy atom. The van der Waals surface area contributed by atoms with Crippen molar-refractivity contribution in [3.63, 3.8) is 0 Å². The van der Waals surface area contributed by atoms with Crippen LogP contribution in [0, 0.1) is 18.8 Å². The van der Waals surface area contributed by atoms with Crippen LogP contribution in [0.2, 0.25) is 0 Å². The predicted molar refractivity (Wildman–Crippen MR) is 78.9 cm³/mol. The molecule has 0 saturated heterocycles. The van der Waals surface area contributed by atoms with E-state index < -0.39 is 0 Å². The topological polar surface area (TPSA) is 12.0 Å². The molecule has 100 valence electrons. The Kier molecular flexibility index (Phi) is 4.82. The summed E-state index contributed by atoms with van der Waals surface area (Å²) in [5.74, 6) is 1.68. The molecule has 2 rings (SSSR count). The Morgan fingerprint density at radius 1 is 1.17 bits per heavy atom. The molecule has 3 unspecified atom stereocenters. The minimum atomic E-state index is 0.750. The molecule has 3 atom stereocenters. The molecule has 1 saturated carbocycles. The molecule has 1 aromatic carbocycles. The van der Waals surface area contributed by atoms with Crippen molar-refractivity contribution >= 4 is 0 Å². The van der Waals surface area contributed by atoms with Crippen molar-refractivity contribution in [1.82, 2.24) is 5.32 Å². The van der Waals surface area contributed by atoms with E-state index >= 15 is 0 Å². The van der Waals surface area contributed by atoms with Gasteiger partial charge in [-0.05, 0) is 56.6 Å². The van der Waals surface area contributed by atoms with Crippen LogP contribution in [0.15, 0.2) is 24.3 Å². The molecule has 0 spiro atoms. The summed E-state index contributed by atoms with van der Waals surface area (Å²) in [6.07, 6.45) is 5.24. The molecule has 0 bridgehead atoms.